The fourth-order valence-corrected chi connectivity index (χ4v) is 2.90. The molecule has 4 nitrogen and oxygen atoms in total. The van der Waals surface area contributed by atoms with Crippen molar-refractivity contribution in [1.29, 1.82) is 0 Å². The van der Waals surface area contributed by atoms with Crippen molar-refractivity contribution in [1.82, 2.24) is 0 Å². The van der Waals surface area contributed by atoms with Crippen molar-refractivity contribution in [3.63, 3.8) is 0 Å². The van der Waals surface area contributed by atoms with E-state index in [2.05, 4.69) is 0 Å². The van der Waals surface area contributed by atoms with Crippen LogP contribution in [0, 0.1) is 0 Å². The van der Waals surface area contributed by atoms with Crippen LogP contribution in [0.3, 0.4) is 0 Å². The maximum absolute atomic E-state index is 5.68. The summed E-state index contributed by atoms with van der Waals surface area (Å²) in [5.74, 6) is 2.38. The molecule has 2 aromatic rings. The lowest BCUT2D eigenvalue weighted by Crippen LogP contribution is -2.12. The molecular formula is C12H6O4S2. The van der Waals surface area contributed by atoms with Crippen LogP contribution < -0.4 is 18.9 Å². The van der Waals surface area contributed by atoms with Gasteiger partial charge in [-0.2, -0.15) is 0 Å². The van der Waals surface area contributed by atoms with E-state index in [-0.39, 0.29) is 0 Å². The standard InChI is InChI=1S/C12H6O4S2/c1-3-17-11-7(1)15-9(5-13-11)10-6-14-12-8(16-10)2-4-18-12/h1-6H. The average molecular weight is 278 g/mol. The number of hydrogen-bond donors (Lipinski definition) is 0. The van der Waals surface area contributed by atoms with E-state index in [0.717, 1.165) is 10.1 Å². The van der Waals surface area contributed by atoms with Crippen LogP contribution in [0.5, 0.6) is 21.6 Å². The van der Waals surface area contributed by atoms with Crippen molar-refractivity contribution >= 4 is 22.7 Å². The maximum Gasteiger partial charge on any atom is 0.222 e. The summed E-state index contributed by atoms with van der Waals surface area (Å²) in [7, 11) is 0. The van der Waals surface area contributed by atoms with Crippen LogP contribution in [0.25, 0.3) is 0 Å². The molecule has 18 heavy (non-hydrogen) atoms. The van der Waals surface area contributed by atoms with Gasteiger partial charge < -0.3 is 18.9 Å². The Hall–Kier alpha value is -1.92. The maximum atomic E-state index is 5.68. The Labute approximate surface area is 110 Å². The highest BCUT2D eigenvalue weighted by molar-refractivity contribution is 7.12. The minimum Gasteiger partial charge on any atom is -0.446 e. The Morgan fingerprint density at radius 1 is 0.722 bits per heavy atom. The van der Waals surface area contributed by atoms with Crippen LogP contribution in [0.4, 0.5) is 0 Å². The number of thiophene rings is 2. The monoisotopic (exact) mass is 278 g/mol. The number of hydrogen-bond acceptors (Lipinski definition) is 6. The van der Waals surface area contributed by atoms with Crippen LogP contribution >= 0.6 is 22.7 Å². The van der Waals surface area contributed by atoms with Gasteiger partial charge in [-0.05, 0) is 22.9 Å². The van der Waals surface area contributed by atoms with Gasteiger partial charge in [-0.3, -0.25) is 0 Å². The van der Waals surface area contributed by atoms with Crippen molar-refractivity contribution < 1.29 is 18.9 Å². The summed E-state index contributed by atoms with van der Waals surface area (Å²) in [4.78, 5) is 0. The lowest BCUT2D eigenvalue weighted by molar-refractivity contribution is 0.272. The fourth-order valence-electron chi connectivity index (χ4n) is 1.61. The lowest BCUT2D eigenvalue weighted by Gasteiger charge is -2.19. The van der Waals surface area contributed by atoms with E-state index in [0.29, 0.717) is 23.0 Å². The first-order valence-electron chi connectivity index (χ1n) is 5.15. The SMILES string of the molecule is C1=C(C2=COc3sccc3O2)Oc2ccsc2O1. The second-order valence-corrected chi connectivity index (χ2v) is 5.31. The average Bonchev–Trinajstić information content (AvgIpc) is 3.05. The molecule has 0 radical (unpaired) electrons. The molecule has 0 atom stereocenters. The predicted molar refractivity (Wildman–Crippen MR) is 67.3 cm³/mol. The van der Waals surface area contributed by atoms with E-state index >= 15 is 0 Å². The van der Waals surface area contributed by atoms with Crippen LogP contribution in [0.15, 0.2) is 46.9 Å². The van der Waals surface area contributed by atoms with Gasteiger partial charge >= 0.3 is 0 Å². The minimum absolute atomic E-state index is 0.498. The van der Waals surface area contributed by atoms with E-state index in [9.17, 15) is 0 Å². The van der Waals surface area contributed by atoms with Crippen LogP contribution in [0.1, 0.15) is 0 Å². The lowest BCUT2D eigenvalue weighted by atomic mass is 10.4. The quantitative estimate of drug-likeness (QED) is 0.796. The summed E-state index contributed by atoms with van der Waals surface area (Å²) in [6, 6.07) is 3.71. The fraction of sp³-hybridized carbons (Fsp3) is 0. The Kier molecular flexibility index (Phi) is 2.12. The van der Waals surface area contributed by atoms with Gasteiger partial charge in [0.1, 0.15) is 12.5 Å². The molecule has 2 aliphatic heterocycles. The largest absolute Gasteiger partial charge is 0.446 e. The molecule has 0 spiro atoms. The molecule has 0 N–H and O–H groups in total. The first kappa shape index (κ1) is 10.0. The third kappa shape index (κ3) is 1.50. The van der Waals surface area contributed by atoms with Gasteiger partial charge in [-0.1, -0.05) is 0 Å². The van der Waals surface area contributed by atoms with Gasteiger partial charge in [0.15, 0.2) is 11.5 Å². The Balaban J connectivity index is 1.62. The number of ether oxygens (including phenoxy) is 4. The molecule has 0 saturated carbocycles. The predicted octanol–water partition coefficient (Wildman–Crippen LogP) is 3.74. The molecule has 0 saturated heterocycles. The molecule has 0 aromatic carbocycles. The number of rotatable bonds is 1. The van der Waals surface area contributed by atoms with Crippen molar-refractivity contribution in [2.24, 2.45) is 0 Å². The summed E-state index contributed by atoms with van der Waals surface area (Å²) >= 11 is 2.96. The zero-order chi connectivity index (χ0) is 11.9. The highest BCUT2D eigenvalue weighted by Crippen LogP contribution is 2.42. The molecule has 4 heterocycles. The van der Waals surface area contributed by atoms with E-state index in [1.807, 2.05) is 22.9 Å². The summed E-state index contributed by atoms with van der Waals surface area (Å²) in [5.41, 5.74) is 0. The first-order chi connectivity index (χ1) is 8.90. The number of fused-ring (bicyclic) bond motifs is 2. The summed E-state index contributed by atoms with van der Waals surface area (Å²) < 4.78 is 22.3. The molecular weight excluding hydrogens is 272 g/mol. The topological polar surface area (TPSA) is 36.9 Å². The van der Waals surface area contributed by atoms with Crippen molar-refractivity contribution in [3.05, 3.63) is 46.9 Å². The molecule has 90 valence electrons. The third-order valence-corrected chi connectivity index (χ3v) is 3.99. The zero-order valence-corrected chi connectivity index (χ0v) is 10.5. The normalized spacial score (nSPS) is 16.0. The molecule has 0 fully saturated rings. The van der Waals surface area contributed by atoms with Crippen LogP contribution in [0.2, 0.25) is 0 Å². The second-order valence-electron chi connectivity index (χ2n) is 3.55. The molecule has 6 heteroatoms. The summed E-state index contributed by atoms with van der Waals surface area (Å²) in [6.07, 6.45) is 3.04. The van der Waals surface area contributed by atoms with Crippen LogP contribution in [-0.4, -0.2) is 0 Å². The highest BCUT2D eigenvalue weighted by Gasteiger charge is 2.24. The third-order valence-electron chi connectivity index (χ3n) is 2.42. The molecule has 2 aliphatic rings. The van der Waals surface area contributed by atoms with Gasteiger partial charge in [-0.15, -0.1) is 22.7 Å². The molecule has 0 amide bonds. The van der Waals surface area contributed by atoms with Crippen molar-refractivity contribution in [3.8, 4) is 21.6 Å². The first-order valence-corrected chi connectivity index (χ1v) is 6.91. The van der Waals surface area contributed by atoms with E-state index in [4.69, 9.17) is 18.9 Å². The molecule has 2 aromatic heterocycles. The Bertz CT molecular complexity index is 607. The molecule has 0 aliphatic carbocycles. The van der Waals surface area contributed by atoms with Gasteiger partial charge in [-0.25, -0.2) is 0 Å². The zero-order valence-electron chi connectivity index (χ0n) is 8.91. The smallest absolute Gasteiger partial charge is 0.222 e. The van der Waals surface area contributed by atoms with Crippen LogP contribution in [-0.2, 0) is 0 Å². The Morgan fingerprint density at radius 3 is 1.72 bits per heavy atom. The highest BCUT2D eigenvalue weighted by atomic mass is 32.1. The second kappa shape index (κ2) is 3.79. The van der Waals surface area contributed by atoms with Gasteiger partial charge in [0.2, 0.25) is 21.6 Å². The summed E-state index contributed by atoms with van der Waals surface area (Å²) in [5, 5.41) is 5.30. The minimum atomic E-state index is 0.498. The van der Waals surface area contributed by atoms with Gasteiger partial charge in [0.05, 0.1) is 0 Å². The van der Waals surface area contributed by atoms with E-state index in [1.165, 1.54) is 35.2 Å². The van der Waals surface area contributed by atoms with Gasteiger partial charge in [0, 0.05) is 0 Å². The molecule has 0 unspecified atom stereocenters. The Morgan fingerprint density at radius 2 is 1.22 bits per heavy atom. The summed E-state index contributed by atoms with van der Waals surface area (Å²) in [6.45, 7) is 0. The van der Waals surface area contributed by atoms with Crippen molar-refractivity contribution in [2.75, 3.05) is 0 Å². The van der Waals surface area contributed by atoms with Crippen molar-refractivity contribution in [2.45, 2.75) is 0 Å². The molecule has 0 bridgehead atoms. The van der Waals surface area contributed by atoms with Gasteiger partial charge in [0.25, 0.3) is 0 Å². The van der Waals surface area contributed by atoms with E-state index in [1.54, 1.807) is 0 Å². The van der Waals surface area contributed by atoms with E-state index < -0.39 is 0 Å². The molecule has 4 rings (SSSR count).